The number of carbonyl (C=O) groups is 1. The van der Waals surface area contributed by atoms with Gasteiger partial charge < -0.3 is 5.32 Å². The van der Waals surface area contributed by atoms with Crippen LogP contribution < -0.4 is 5.32 Å². The standard InChI is InChI=1S/C16H19F4NO/c1-7-5-4-6-10(8(7)2)21-16(22)11-14(19)12(17)9(3)13(18)15(11)20/h7-8,10H,4-6H2,1-3H3,(H,21,22). The smallest absolute Gasteiger partial charge is 0.257 e. The van der Waals surface area contributed by atoms with Gasteiger partial charge in [0.2, 0.25) is 0 Å². The molecular formula is C16H19F4NO. The summed E-state index contributed by atoms with van der Waals surface area (Å²) >= 11 is 0. The third-order valence-electron chi connectivity index (χ3n) is 4.73. The number of hydrogen-bond acceptors (Lipinski definition) is 1. The summed E-state index contributed by atoms with van der Waals surface area (Å²) in [5.41, 5.74) is -1.96. The lowest BCUT2D eigenvalue weighted by Gasteiger charge is -2.34. The Morgan fingerprint density at radius 2 is 1.55 bits per heavy atom. The summed E-state index contributed by atoms with van der Waals surface area (Å²) in [4.78, 5) is 12.1. The minimum absolute atomic E-state index is 0.129. The molecule has 2 nitrogen and oxygen atoms in total. The molecule has 22 heavy (non-hydrogen) atoms. The highest BCUT2D eigenvalue weighted by atomic mass is 19.2. The topological polar surface area (TPSA) is 29.1 Å². The molecule has 122 valence electrons. The number of rotatable bonds is 2. The van der Waals surface area contributed by atoms with Crippen LogP contribution in [0.3, 0.4) is 0 Å². The summed E-state index contributed by atoms with van der Waals surface area (Å²) in [6, 6.07) is -0.262. The van der Waals surface area contributed by atoms with Crippen LogP contribution in [0.1, 0.15) is 49.0 Å². The van der Waals surface area contributed by atoms with Crippen molar-refractivity contribution < 1.29 is 22.4 Å². The third-order valence-corrected chi connectivity index (χ3v) is 4.73. The van der Waals surface area contributed by atoms with Crippen molar-refractivity contribution in [2.75, 3.05) is 0 Å². The summed E-state index contributed by atoms with van der Waals surface area (Å²) in [7, 11) is 0. The first-order valence-electron chi connectivity index (χ1n) is 7.39. The van der Waals surface area contributed by atoms with E-state index in [1.165, 1.54) is 0 Å². The highest BCUT2D eigenvalue weighted by Gasteiger charge is 2.32. The maximum Gasteiger partial charge on any atom is 0.257 e. The van der Waals surface area contributed by atoms with E-state index in [-0.39, 0.29) is 12.0 Å². The molecule has 1 N–H and O–H groups in total. The van der Waals surface area contributed by atoms with Gasteiger partial charge in [0.05, 0.1) is 0 Å². The molecule has 3 atom stereocenters. The van der Waals surface area contributed by atoms with Crippen LogP contribution in [-0.2, 0) is 0 Å². The highest BCUT2D eigenvalue weighted by Crippen LogP contribution is 2.30. The predicted octanol–water partition coefficient (Wildman–Crippen LogP) is 4.11. The number of benzene rings is 1. The Morgan fingerprint density at radius 1 is 1.00 bits per heavy atom. The van der Waals surface area contributed by atoms with Crippen LogP contribution in [0, 0.1) is 42.0 Å². The maximum atomic E-state index is 13.8. The van der Waals surface area contributed by atoms with Gasteiger partial charge in [-0.25, -0.2) is 17.6 Å². The molecule has 1 aliphatic carbocycles. The summed E-state index contributed by atoms with van der Waals surface area (Å²) in [6.07, 6.45) is 2.58. The van der Waals surface area contributed by atoms with E-state index in [0.717, 1.165) is 19.8 Å². The van der Waals surface area contributed by atoms with Crippen LogP contribution in [0.15, 0.2) is 0 Å². The number of carbonyl (C=O) groups excluding carboxylic acids is 1. The van der Waals surface area contributed by atoms with Gasteiger partial charge in [0.1, 0.15) is 5.56 Å². The number of hydrogen-bond donors (Lipinski definition) is 1. The molecule has 0 aromatic heterocycles. The van der Waals surface area contributed by atoms with Gasteiger partial charge in [0, 0.05) is 11.6 Å². The number of nitrogens with one attached hydrogen (secondary N) is 1. The van der Waals surface area contributed by atoms with Gasteiger partial charge in [-0.2, -0.15) is 0 Å². The lowest BCUT2D eigenvalue weighted by atomic mass is 9.78. The lowest BCUT2D eigenvalue weighted by molar-refractivity contribution is 0.0880. The molecule has 0 aliphatic heterocycles. The zero-order valence-electron chi connectivity index (χ0n) is 12.8. The summed E-state index contributed by atoms with van der Waals surface area (Å²) in [5.74, 6) is -6.98. The Morgan fingerprint density at radius 3 is 2.09 bits per heavy atom. The van der Waals surface area contributed by atoms with Crippen LogP contribution >= 0.6 is 0 Å². The molecule has 1 amide bonds. The van der Waals surface area contributed by atoms with Crippen LogP contribution in [0.25, 0.3) is 0 Å². The summed E-state index contributed by atoms with van der Waals surface area (Å²) in [6.45, 7) is 4.90. The van der Waals surface area contributed by atoms with Crippen LogP contribution in [0.5, 0.6) is 0 Å². The van der Waals surface area contributed by atoms with E-state index in [4.69, 9.17) is 0 Å². The molecule has 1 aliphatic rings. The maximum absolute atomic E-state index is 13.8. The normalized spacial score (nSPS) is 25.1. The SMILES string of the molecule is Cc1c(F)c(F)c(C(=O)NC2CCCC(C)C2C)c(F)c1F. The van der Waals surface area contributed by atoms with E-state index in [1.54, 1.807) is 0 Å². The van der Waals surface area contributed by atoms with Crippen molar-refractivity contribution in [3.8, 4) is 0 Å². The van der Waals surface area contributed by atoms with Gasteiger partial charge in [0.25, 0.3) is 5.91 Å². The average Bonchev–Trinajstić information content (AvgIpc) is 2.48. The molecule has 0 spiro atoms. The van der Waals surface area contributed by atoms with Crippen molar-refractivity contribution in [3.63, 3.8) is 0 Å². The van der Waals surface area contributed by atoms with Crippen molar-refractivity contribution in [2.24, 2.45) is 11.8 Å². The zero-order valence-corrected chi connectivity index (χ0v) is 12.8. The highest BCUT2D eigenvalue weighted by molar-refractivity contribution is 5.95. The molecule has 6 heteroatoms. The van der Waals surface area contributed by atoms with Crippen molar-refractivity contribution in [2.45, 2.75) is 46.1 Å². The number of halogens is 4. The van der Waals surface area contributed by atoms with Gasteiger partial charge in [0.15, 0.2) is 23.3 Å². The van der Waals surface area contributed by atoms with Gasteiger partial charge in [-0.3, -0.25) is 4.79 Å². The molecule has 0 radical (unpaired) electrons. The van der Waals surface area contributed by atoms with Crippen LogP contribution in [-0.4, -0.2) is 11.9 Å². The first-order valence-corrected chi connectivity index (χ1v) is 7.39. The third kappa shape index (κ3) is 2.83. The zero-order chi connectivity index (χ0) is 16.6. The molecule has 2 rings (SSSR count). The van der Waals surface area contributed by atoms with E-state index in [2.05, 4.69) is 5.32 Å². The first kappa shape index (κ1) is 16.8. The Labute approximate surface area is 126 Å². The van der Waals surface area contributed by atoms with E-state index < -0.39 is 40.3 Å². The van der Waals surface area contributed by atoms with Crippen LogP contribution in [0.2, 0.25) is 0 Å². The monoisotopic (exact) mass is 317 g/mol. The fraction of sp³-hybridized carbons (Fsp3) is 0.562. The van der Waals surface area contributed by atoms with Crippen molar-refractivity contribution in [3.05, 3.63) is 34.4 Å². The van der Waals surface area contributed by atoms with Crippen molar-refractivity contribution in [1.29, 1.82) is 0 Å². The fourth-order valence-corrected chi connectivity index (χ4v) is 2.97. The van der Waals surface area contributed by atoms with Crippen molar-refractivity contribution >= 4 is 5.91 Å². The molecule has 3 unspecified atom stereocenters. The van der Waals surface area contributed by atoms with Gasteiger partial charge in [-0.15, -0.1) is 0 Å². The molecule has 0 saturated heterocycles. The average molecular weight is 317 g/mol. The summed E-state index contributed by atoms with van der Waals surface area (Å²) in [5, 5.41) is 2.52. The quantitative estimate of drug-likeness (QED) is 0.645. The molecule has 0 heterocycles. The Hall–Kier alpha value is -1.59. The molecule has 0 bridgehead atoms. The van der Waals surface area contributed by atoms with E-state index in [1.807, 2.05) is 13.8 Å². The Bertz CT molecular complexity index is 573. The Balaban J connectivity index is 2.31. The van der Waals surface area contributed by atoms with Gasteiger partial charge in [-0.1, -0.05) is 26.7 Å². The first-order chi connectivity index (χ1) is 10.3. The van der Waals surface area contributed by atoms with Crippen molar-refractivity contribution in [1.82, 2.24) is 5.32 Å². The Kier molecular flexibility index (Phi) is 4.78. The second-order valence-corrected chi connectivity index (χ2v) is 6.10. The van der Waals surface area contributed by atoms with Gasteiger partial charge in [-0.05, 0) is 25.2 Å². The van der Waals surface area contributed by atoms with Gasteiger partial charge >= 0.3 is 0 Å². The second kappa shape index (κ2) is 6.26. The molecule has 1 aromatic rings. The van der Waals surface area contributed by atoms with Crippen LogP contribution in [0.4, 0.5) is 17.6 Å². The number of amides is 1. The largest absolute Gasteiger partial charge is 0.349 e. The van der Waals surface area contributed by atoms with E-state index in [0.29, 0.717) is 12.3 Å². The molecular weight excluding hydrogens is 298 g/mol. The predicted molar refractivity (Wildman–Crippen MR) is 74.4 cm³/mol. The second-order valence-electron chi connectivity index (χ2n) is 6.10. The molecule has 1 saturated carbocycles. The van der Waals surface area contributed by atoms with E-state index >= 15 is 0 Å². The minimum Gasteiger partial charge on any atom is -0.349 e. The summed E-state index contributed by atoms with van der Waals surface area (Å²) < 4.78 is 54.8. The lowest BCUT2D eigenvalue weighted by Crippen LogP contribution is -2.44. The van der Waals surface area contributed by atoms with E-state index in [9.17, 15) is 22.4 Å². The molecule has 1 aromatic carbocycles. The fourth-order valence-electron chi connectivity index (χ4n) is 2.97. The molecule has 1 fully saturated rings. The minimum atomic E-state index is -1.65.